The van der Waals surface area contributed by atoms with Crippen LogP contribution in [0.3, 0.4) is 0 Å². The van der Waals surface area contributed by atoms with Gasteiger partial charge in [-0.3, -0.25) is 9.78 Å². The highest BCUT2D eigenvalue weighted by Gasteiger charge is 2.26. The Hall–Kier alpha value is -2.40. The topological polar surface area (TPSA) is 54.5 Å². The monoisotopic (exact) mass is 297 g/mol. The van der Waals surface area contributed by atoms with Gasteiger partial charge < -0.3 is 15.0 Å². The van der Waals surface area contributed by atoms with E-state index < -0.39 is 0 Å². The molecule has 22 heavy (non-hydrogen) atoms. The van der Waals surface area contributed by atoms with Gasteiger partial charge in [0.2, 0.25) is 0 Å². The first kappa shape index (κ1) is 14.5. The summed E-state index contributed by atoms with van der Waals surface area (Å²) < 4.78 is 5.78. The molecule has 3 rings (SSSR count). The molecule has 0 spiro atoms. The minimum atomic E-state index is -0.174. The minimum Gasteiger partial charge on any atom is -0.387 e. The van der Waals surface area contributed by atoms with Crippen LogP contribution in [0.1, 0.15) is 22.2 Å². The maximum atomic E-state index is 12.5. The molecular formula is C17H19N3O2. The third-order valence-corrected chi connectivity index (χ3v) is 3.78. The third kappa shape index (κ3) is 3.09. The molecule has 1 aliphatic rings. The zero-order chi connectivity index (χ0) is 15.4. The molecule has 1 N–H and O–H groups in total. The molecule has 1 aromatic carbocycles. The Morgan fingerprint density at radius 2 is 2.09 bits per heavy atom. The van der Waals surface area contributed by atoms with E-state index in [4.69, 9.17) is 4.74 Å². The Morgan fingerprint density at radius 1 is 1.27 bits per heavy atom. The van der Waals surface area contributed by atoms with Crippen LogP contribution in [0.5, 0.6) is 0 Å². The molecule has 1 aromatic heterocycles. The molecule has 1 saturated heterocycles. The number of morpholine rings is 1. The van der Waals surface area contributed by atoms with E-state index in [1.807, 2.05) is 54.4 Å². The highest BCUT2D eigenvalue weighted by atomic mass is 16.5. The number of nitrogens with zero attached hydrogens (tertiary/aromatic N) is 2. The van der Waals surface area contributed by atoms with Crippen molar-refractivity contribution in [2.24, 2.45) is 0 Å². The fourth-order valence-electron chi connectivity index (χ4n) is 2.52. The van der Waals surface area contributed by atoms with Crippen LogP contribution in [0.15, 0.2) is 48.7 Å². The van der Waals surface area contributed by atoms with Crippen LogP contribution in [0.4, 0.5) is 5.69 Å². The normalized spacial score (nSPS) is 18.0. The van der Waals surface area contributed by atoms with E-state index in [9.17, 15) is 4.79 Å². The maximum absolute atomic E-state index is 12.5. The van der Waals surface area contributed by atoms with Crippen molar-refractivity contribution in [1.82, 2.24) is 9.88 Å². The Labute approximate surface area is 129 Å². The Kier molecular flexibility index (Phi) is 4.34. The van der Waals surface area contributed by atoms with Gasteiger partial charge in [0.1, 0.15) is 6.10 Å². The number of hydrogen-bond donors (Lipinski definition) is 1. The van der Waals surface area contributed by atoms with E-state index in [1.165, 1.54) is 0 Å². The lowest BCUT2D eigenvalue weighted by Crippen LogP contribution is -2.42. The second-order valence-corrected chi connectivity index (χ2v) is 5.20. The van der Waals surface area contributed by atoms with E-state index in [0.717, 1.165) is 11.4 Å². The van der Waals surface area contributed by atoms with Crippen molar-refractivity contribution in [2.75, 3.05) is 32.1 Å². The van der Waals surface area contributed by atoms with Crippen LogP contribution in [0, 0.1) is 0 Å². The summed E-state index contributed by atoms with van der Waals surface area (Å²) in [6, 6.07) is 13.2. The lowest BCUT2D eigenvalue weighted by atomic mass is 10.1. The summed E-state index contributed by atoms with van der Waals surface area (Å²) in [5.41, 5.74) is 2.52. The van der Waals surface area contributed by atoms with E-state index in [2.05, 4.69) is 10.3 Å². The molecule has 0 radical (unpaired) electrons. The lowest BCUT2D eigenvalue weighted by Gasteiger charge is -2.32. The number of amides is 1. The van der Waals surface area contributed by atoms with Crippen molar-refractivity contribution in [3.8, 4) is 0 Å². The summed E-state index contributed by atoms with van der Waals surface area (Å²) in [5.74, 6) is 0.0424. The number of carbonyl (C=O) groups excluding carboxylic acids is 1. The summed E-state index contributed by atoms with van der Waals surface area (Å²) in [6.45, 7) is 1.66. The molecule has 1 aliphatic heterocycles. The molecule has 5 nitrogen and oxygen atoms in total. The molecular weight excluding hydrogens is 278 g/mol. The first-order valence-electron chi connectivity index (χ1n) is 7.37. The SMILES string of the molecule is CNc1ccc(C2CN(C(=O)c3ccccc3)CCO2)nc1. The smallest absolute Gasteiger partial charge is 0.254 e. The third-order valence-electron chi connectivity index (χ3n) is 3.78. The van der Waals surface area contributed by atoms with Gasteiger partial charge in [0.05, 0.1) is 30.7 Å². The molecule has 0 aliphatic carbocycles. The quantitative estimate of drug-likeness (QED) is 0.945. The van der Waals surface area contributed by atoms with Gasteiger partial charge in [-0.05, 0) is 24.3 Å². The number of pyridine rings is 1. The second-order valence-electron chi connectivity index (χ2n) is 5.20. The number of hydrogen-bond acceptors (Lipinski definition) is 4. The standard InChI is InChI=1S/C17H19N3O2/c1-18-14-7-8-15(19-11-14)16-12-20(9-10-22-16)17(21)13-5-3-2-4-6-13/h2-8,11,16,18H,9-10,12H2,1H3. The van der Waals surface area contributed by atoms with E-state index in [0.29, 0.717) is 25.3 Å². The zero-order valence-electron chi connectivity index (χ0n) is 12.5. The van der Waals surface area contributed by atoms with Crippen molar-refractivity contribution in [2.45, 2.75) is 6.10 Å². The van der Waals surface area contributed by atoms with E-state index in [1.54, 1.807) is 6.20 Å². The van der Waals surface area contributed by atoms with Gasteiger partial charge >= 0.3 is 0 Å². The van der Waals surface area contributed by atoms with Crippen LogP contribution in [-0.4, -0.2) is 42.5 Å². The zero-order valence-corrected chi connectivity index (χ0v) is 12.5. The first-order chi connectivity index (χ1) is 10.8. The largest absolute Gasteiger partial charge is 0.387 e. The number of carbonyl (C=O) groups is 1. The average Bonchev–Trinajstić information content (AvgIpc) is 2.62. The van der Waals surface area contributed by atoms with Crippen molar-refractivity contribution in [3.63, 3.8) is 0 Å². The van der Waals surface area contributed by atoms with Crippen molar-refractivity contribution in [1.29, 1.82) is 0 Å². The molecule has 0 saturated carbocycles. The fraction of sp³-hybridized carbons (Fsp3) is 0.294. The first-order valence-corrected chi connectivity index (χ1v) is 7.37. The van der Waals surface area contributed by atoms with Crippen LogP contribution in [-0.2, 0) is 4.74 Å². The van der Waals surface area contributed by atoms with Gasteiger partial charge in [-0.15, -0.1) is 0 Å². The average molecular weight is 297 g/mol. The molecule has 114 valence electrons. The van der Waals surface area contributed by atoms with Gasteiger partial charge in [-0.2, -0.15) is 0 Å². The number of benzene rings is 1. The van der Waals surface area contributed by atoms with Gasteiger partial charge in [0.25, 0.3) is 5.91 Å². The Morgan fingerprint density at radius 3 is 2.77 bits per heavy atom. The molecule has 2 aromatic rings. The van der Waals surface area contributed by atoms with Gasteiger partial charge in [-0.25, -0.2) is 0 Å². The maximum Gasteiger partial charge on any atom is 0.254 e. The molecule has 2 heterocycles. The molecule has 1 atom stereocenters. The van der Waals surface area contributed by atoms with Crippen LogP contribution < -0.4 is 5.32 Å². The fourth-order valence-corrected chi connectivity index (χ4v) is 2.52. The van der Waals surface area contributed by atoms with Gasteiger partial charge in [0, 0.05) is 19.2 Å². The van der Waals surface area contributed by atoms with Crippen LogP contribution >= 0.6 is 0 Å². The molecule has 5 heteroatoms. The van der Waals surface area contributed by atoms with Gasteiger partial charge in [-0.1, -0.05) is 18.2 Å². The van der Waals surface area contributed by atoms with E-state index >= 15 is 0 Å². The summed E-state index contributed by atoms with van der Waals surface area (Å²) >= 11 is 0. The van der Waals surface area contributed by atoms with Crippen molar-refractivity contribution >= 4 is 11.6 Å². The number of ether oxygens (including phenoxy) is 1. The number of anilines is 1. The molecule has 1 amide bonds. The van der Waals surface area contributed by atoms with Crippen molar-refractivity contribution in [3.05, 3.63) is 59.9 Å². The number of aromatic nitrogens is 1. The predicted molar refractivity (Wildman–Crippen MR) is 84.8 cm³/mol. The number of rotatable bonds is 3. The Bertz CT molecular complexity index is 628. The summed E-state index contributed by atoms with van der Waals surface area (Å²) in [6.07, 6.45) is 1.60. The highest BCUT2D eigenvalue weighted by molar-refractivity contribution is 5.94. The van der Waals surface area contributed by atoms with Crippen LogP contribution in [0.2, 0.25) is 0 Å². The highest BCUT2D eigenvalue weighted by Crippen LogP contribution is 2.22. The minimum absolute atomic E-state index is 0.0424. The summed E-state index contributed by atoms with van der Waals surface area (Å²) in [4.78, 5) is 18.8. The second kappa shape index (κ2) is 6.58. The van der Waals surface area contributed by atoms with E-state index in [-0.39, 0.29) is 12.0 Å². The predicted octanol–water partition coefficient (Wildman–Crippen LogP) is 2.34. The Balaban J connectivity index is 1.72. The molecule has 1 fully saturated rings. The summed E-state index contributed by atoms with van der Waals surface area (Å²) in [5, 5.41) is 3.04. The van der Waals surface area contributed by atoms with Crippen molar-refractivity contribution < 1.29 is 9.53 Å². The summed E-state index contributed by atoms with van der Waals surface area (Å²) in [7, 11) is 1.86. The lowest BCUT2D eigenvalue weighted by molar-refractivity contribution is -0.0247. The van der Waals surface area contributed by atoms with Crippen LogP contribution in [0.25, 0.3) is 0 Å². The molecule has 0 bridgehead atoms. The number of nitrogens with one attached hydrogen (secondary N) is 1. The van der Waals surface area contributed by atoms with Gasteiger partial charge in [0.15, 0.2) is 0 Å². The molecule has 1 unspecified atom stereocenters.